The van der Waals surface area contributed by atoms with Crippen LogP contribution in [0.3, 0.4) is 0 Å². The van der Waals surface area contributed by atoms with Crippen molar-refractivity contribution in [3.63, 3.8) is 0 Å². The molecule has 1 heteroatoms. The van der Waals surface area contributed by atoms with Crippen molar-refractivity contribution >= 4 is 11.4 Å². The van der Waals surface area contributed by atoms with Crippen LogP contribution in [-0.2, 0) is 5.41 Å². The minimum Gasteiger partial charge on any atom is -0.344 e. The fraction of sp³-hybridized carbons (Fsp3) is 0.182. The second-order valence-corrected chi connectivity index (χ2v) is 6.22. The highest BCUT2D eigenvalue weighted by atomic mass is 15.1. The van der Waals surface area contributed by atoms with Gasteiger partial charge in [0.1, 0.15) is 0 Å². The zero-order chi connectivity index (χ0) is 15.9. The largest absolute Gasteiger partial charge is 0.344 e. The first kappa shape index (κ1) is 14.1. The van der Waals surface area contributed by atoms with E-state index in [2.05, 4.69) is 97.7 Å². The summed E-state index contributed by atoms with van der Waals surface area (Å²) < 4.78 is 0. The van der Waals surface area contributed by atoms with Crippen molar-refractivity contribution in [2.45, 2.75) is 18.8 Å². The van der Waals surface area contributed by atoms with Gasteiger partial charge < -0.3 is 4.90 Å². The quantitative estimate of drug-likeness (QED) is 0.603. The Bertz CT molecular complexity index is 788. The molecule has 1 heterocycles. The van der Waals surface area contributed by atoms with Gasteiger partial charge in [-0.3, -0.25) is 0 Å². The van der Waals surface area contributed by atoms with E-state index < -0.39 is 0 Å². The molecular weight excluding hydrogens is 278 g/mol. The molecule has 3 aromatic carbocycles. The number of para-hydroxylation sites is 2. The summed E-state index contributed by atoms with van der Waals surface area (Å²) in [5.74, 6) is 0. The van der Waals surface area contributed by atoms with E-state index >= 15 is 0 Å². The van der Waals surface area contributed by atoms with Gasteiger partial charge in [-0.2, -0.15) is 0 Å². The van der Waals surface area contributed by atoms with Crippen LogP contribution in [0.2, 0.25) is 0 Å². The predicted octanol–water partition coefficient (Wildman–Crippen LogP) is 5.51. The van der Waals surface area contributed by atoms with Crippen LogP contribution in [0.5, 0.6) is 0 Å². The van der Waals surface area contributed by atoms with Gasteiger partial charge in [-0.05, 0) is 35.2 Å². The molecule has 1 nitrogen and oxygen atoms in total. The van der Waals surface area contributed by atoms with Crippen molar-refractivity contribution in [3.05, 3.63) is 95.6 Å². The molecule has 0 radical (unpaired) electrons. The SMILES string of the molecule is CCC1(c2ccccc2)c2ccccc2N(C)c2ccccc21. The number of rotatable bonds is 2. The Morgan fingerprint density at radius 2 is 1.17 bits per heavy atom. The lowest BCUT2D eigenvalue weighted by molar-refractivity contribution is 0.585. The lowest BCUT2D eigenvalue weighted by Gasteiger charge is -2.44. The first-order chi connectivity index (χ1) is 11.3. The van der Waals surface area contributed by atoms with E-state index in [-0.39, 0.29) is 5.41 Å². The van der Waals surface area contributed by atoms with Gasteiger partial charge in [0, 0.05) is 23.8 Å². The maximum Gasteiger partial charge on any atom is 0.0489 e. The highest BCUT2D eigenvalue weighted by Crippen LogP contribution is 2.53. The first-order valence-electron chi connectivity index (χ1n) is 8.27. The van der Waals surface area contributed by atoms with Crippen LogP contribution >= 0.6 is 0 Å². The van der Waals surface area contributed by atoms with Gasteiger partial charge in [0.05, 0.1) is 0 Å². The molecule has 0 bridgehead atoms. The van der Waals surface area contributed by atoms with Gasteiger partial charge in [-0.1, -0.05) is 73.7 Å². The Kier molecular flexibility index (Phi) is 3.23. The molecule has 0 N–H and O–H groups in total. The molecule has 0 amide bonds. The van der Waals surface area contributed by atoms with Crippen molar-refractivity contribution in [3.8, 4) is 0 Å². The standard InChI is InChI=1S/C22H21N/c1-3-22(17-11-5-4-6-12-17)18-13-7-9-15-20(18)23(2)21-16-10-8-14-19(21)22/h4-16H,3H2,1-2H3. The highest BCUT2D eigenvalue weighted by molar-refractivity contribution is 5.79. The summed E-state index contributed by atoms with van der Waals surface area (Å²) >= 11 is 0. The van der Waals surface area contributed by atoms with Crippen molar-refractivity contribution in [1.82, 2.24) is 0 Å². The van der Waals surface area contributed by atoms with Gasteiger partial charge >= 0.3 is 0 Å². The maximum absolute atomic E-state index is 2.32. The van der Waals surface area contributed by atoms with Crippen LogP contribution in [0, 0.1) is 0 Å². The average molecular weight is 299 g/mol. The molecule has 0 aliphatic carbocycles. The lowest BCUT2D eigenvalue weighted by atomic mass is 9.65. The molecule has 0 saturated heterocycles. The normalized spacial score (nSPS) is 15.0. The number of anilines is 2. The number of nitrogens with zero attached hydrogens (tertiary/aromatic N) is 1. The minimum absolute atomic E-state index is 0.0824. The minimum atomic E-state index is -0.0824. The topological polar surface area (TPSA) is 3.24 Å². The molecule has 3 aromatic rings. The number of benzene rings is 3. The molecule has 0 spiro atoms. The van der Waals surface area contributed by atoms with Crippen molar-refractivity contribution in [2.24, 2.45) is 0 Å². The Morgan fingerprint density at radius 1 is 0.696 bits per heavy atom. The lowest BCUT2D eigenvalue weighted by Crippen LogP contribution is -2.36. The zero-order valence-corrected chi connectivity index (χ0v) is 13.7. The van der Waals surface area contributed by atoms with Crippen LogP contribution in [0.15, 0.2) is 78.9 Å². The molecule has 23 heavy (non-hydrogen) atoms. The van der Waals surface area contributed by atoms with Gasteiger partial charge in [0.15, 0.2) is 0 Å². The Morgan fingerprint density at radius 3 is 1.70 bits per heavy atom. The average Bonchev–Trinajstić information content (AvgIpc) is 2.64. The van der Waals surface area contributed by atoms with Crippen LogP contribution in [-0.4, -0.2) is 7.05 Å². The summed E-state index contributed by atoms with van der Waals surface area (Å²) in [6.07, 6.45) is 1.04. The van der Waals surface area contributed by atoms with Crippen LogP contribution in [0.4, 0.5) is 11.4 Å². The third kappa shape index (κ3) is 1.86. The number of fused-ring (bicyclic) bond motifs is 2. The Labute approximate surface area is 138 Å². The molecular formula is C22H21N. The summed E-state index contributed by atoms with van der Waals surface area (Å²) in [5, 5.41) is 0. The number of hydrogen-bond acceptors (Lipinski definition) is 1. The third-order valence-corrected chi connectivity index (χ3v) is 5.25. The van der Waals surface area contributed by atoms with E-state index in [1.54, 1.807) is 0 Å². The second-order valence-electron chi connectivity index (χ2n) is 6.22. The van der Waals surface area contributed by atoms with E-state index in [4.69, 9.17) is 0 Å². The molecule has 4 rings (SSSR count). The van der Waals surface area contributed by atoms with Crippen LogP contribution in [0.25, 0.3) is 0 Å². The van der Waals surface area contributed by atoms with Crippen molar-refractivity contribution in [1.29, 1.82) is 0 Å². The van der Waals surface area contributed by atoms with Crippen molar-refractivity contribution in [2.75, 3.05) is 11.9 Å². The van der Waals surface area contributed by atoms with Crippen molar-refractivity contribution < 1.29 is 0 Å². The summed E-state index contributed by atoms with van der Waals surface area (Å²) in [6, 6.07) is 28.6. The molecule has 0 aromatic heterocycles. The van der Waals surface area contributed by atoms with Crippen LogP contribution in [0.1, 0.15) is 30.0 Å². The second kappa shape index (κ2) is 5.27. The zero-order valence-electron chi connectivity index (χ0n) is 13.7. The summed E-state index contributed by atoms with van der Waals surface area (Å²) in [5.41, 5.74) is 6.69. The molecule has 1 aliphatic rings. The Hall–Kier alpha value is -2.54. The molecule has 0 unspecified atom stereocenters. The smallest absolute Gasteiger partial charge is 0.0489 e. The van der Waals surface area contributed by atoms with Gasteiger partial charge in [-0.15, -0.1) is 0 Å². The van der Waals surface area contributed by atoms with E-state index in [0.717, 1.165) is 6.42 Å². The monoisotopic (exact) mass is 299 g/mol. The maximum atomic E-state index is 2.32. The Balaban J connectivity index is 2.12. The van der Waals surface area contributed by atoms with Gasteiger partial charge in [0.25, 0.3) is 0 Å². The van der Waals surface area contributed by atoms with E-state index in [0.29, 0.717) is 0 Å². The fourth-order valence-corrected chi connectivity index (χ4v) is 4.15. The van der Waals surface area contributed by atoms with Gasteiger partial charge in [-0.25, -0.2) is 0 Å². The highest BCUT2D eigenvalue weighted by Gasteiger charge is 2.42. The number of hydrogen-bond donors (Lipinski definition) is 0. The molecule has 0 fully saturated rings. The third-order valence-electron chi connectivity index (χ3n) is 5.25. The summed E-state index contributed by atoms with van der Waals surface area (Å²) in [4.78, 5) is 2.32. The summed E-state index contributed by atoms with van der Waals surface area (Å²) in [7, 11) is 2.17. The molecule has 0 saturated carbocycles. The molecule has 0 atom stereocenters. The van der Waals surface area contributed by atoms with Gasteiger partial charge in [0.2, 0.25) is 0 Å². The fourth-order valence-electron chi connectivity index (χ4n) is 4.15. The molecule has 1 aliphatic heterocycles. The van der Waals surface area contributed by atoms with E-state index in [9.17, 15) is 0 Å². The van der Waals surface area contributed by atoms with Crippen LogP contribution < -0.4 is 4.90 Å². The molecule has 114 valence electrons. The first-order valence-corrected chi connectivity index (χ1v) is 8.27. The summed E-state index contributed by atoms with van der Waals surface area (Å²) in [6.45, 7) is 2.30. The van der Waals surface area contributed by atoms with E-state index in [1.807, 2.05) is 0 Å². The van der Waals surface area contributed by atoms with E-state index in [1.165, 1.54) is 28.1 Å². The predicted molar refractivity (Wildman–Crippen MR) is 97.6 cm³/mol.